The van der Waals surface area contributed by atoms with Crippen LogP contribution in [-0.4, -0.2) is 33.7 Å². The van der Waals surface area contributed by atoms with Crippen LogP contribution in [0.3, 0.4) is 0 Å². The lowest BCUT2D eigenvalue weighted by atomic mass is 10.4. The molecule has 1 saturated heterocycles. The van der Waals surface area contributed by atoms with Crippen molar-refractivity contribution in [3.8, 4) is 0 Å². The fourth-order valence-corrected chi connectivity index (χ4v) is 1.34. The van der Waals surface area contributed by atoms with Gasteiger partial charge in [0.25, 0.3) is 0 Å². The van der Waals surface area contributed by atoms with Crippen LogP contribution < -0.4 is 4.90 Å². The summed E-state index contributed by atoms with van der Waals surface area (Å²) in [6, 6.07) is 0. The van der Waals surface area contributed by atoms with Gasteiger partial charge in [0.05, 0.1) is 13.1 Å². The Labute approximate surface area is 58.4 Å². The molecule has 2 N–H and O–H groups in total. The summed E-state index contributed by atoms with van der Waals surface area (Å²) in [5, 5.41) is 13.8. The van der Waals surface area contributed by atoms with Crippen molar-refractivity contribution in [2.75, 3.05) is 13.1 Å². The molecule has 2 rings (SSSR count). The summed E-state index contributed by atoms with van der Waals surface area (Å²) in [4.78, 5) is 1.36. The van der Waals surface area contributed by atoms with Gasteiger partial charge in [-0.1, -0.05) is 10.2 Å². The third kappa shape index (κ3) is 0.881. The Morgan fingerprint density at radius 2 is 2.10 bits per heavy atom. The molecule has 5 heteroatoms. The van der Waals surface area contributed by atoms with E-state index in [0.29, 0.717) is 0 Å². The highest BCUT2D eigenvalue weighted by Gasteiger charge is 2.21. The summed E-state index contributed by atoms with van der Waals surface area (Å²) < 4.78 is 0. The van der Waals surface area contributed by atoms with Gasteiger partial charge in [-0.15, -0.1) is 0 Å². The van der Waals surface area contributed by atoms with Crippen molar-refractivity contribution in [2.45, 2.75) is 12.8 Å². The van der Waals surface area contributed by atoms with Gasteiger partial charge < -0.3 is 0 Å². The van der Waals surface area contributed by atoms with Crippen LogP contribution in [0.5, 0.6) is 0 Å². The molecule has 5 nitrogen and oxygen atoms in total. The number of nitrogens with zero attached hydrogens (tertiary/aromatic N) is 3. The minimum absolute atomic E-state index is 0.817. The lowest BCUT2D eigenvalue weighted by Gasteiger charge is -2.02. The highest BCUT2D eigenvalue weighted by Crippen LogP contribution is 1.92. The van der Waals surface area contributed by atoms with Gasteiger partial charge in [0.2, 0.25) is 0 Å². The molecule has 2 heterocycles. The summed E-state index contributed by atoms with van der Waals surface area (Å²) >= 11 is 0. The summed E-state index contributed by atoms with van der Waals surface area (Å²) in [6.07, 6.45) is 2.56. The third-order valence-electron chi connectivity index (χ3n) is 1.87. The van der Waals surface area contributed by atoms with Crippen LogP contribution in [0.15, 0.2) is 0 Å². The minimum atomic E-state index is 0.817. The highest BCUT2D eigenvalue weighted by atomic mass is 15.5. The maximum Gasteiger partial charge on any atom is 0.366 e. The van der Waals surface area contributed by atoms with Gasteiger partial charge in [-0.3, -0.25) is 4.90 Å². The lowest BCUT2D eigenvalue weighted by molar-refractivity contribution is -0.823. The molecule has 0 amide bonds. The molecular weight excluding hydrogens is 130 g/mol. The molecule has 54 valence electrons. The monoisotopic (exact) mass is 140 g/mol. The van der Waals surface area contributed by atoms with Crippen LogP contribution in [0, 0.1) is 0 Å². The van der Waals surface area contributed by atoms with Gasteiger partial charge in [0, 0.05) is 12.8 Å². The molecule has 0 spiro atoms. The second-order valence-electron chi connectivity index (χ2n) is 2.55. The smallest absolute Gasteiger partial charge is 0.266 e. The molecule has 1 aliphatic rings. The van der Waals surface area contributed by atoms with E-state index in [1.807, 2.05) is 0 Å². The predicted octanol–water partition coefficient (Wildman–Crippen LogP) is -1.49. The molecule has 1 aromatic rings. The van der Waals surface area contributed by atoms with E-state index in [2.05, 4.69) is 20.6 Å². The van der Waals surface area contributed by atoms with E-state index < -0.39 is 0 Å². The number of aromatic nitrogens is 4. The van der Waals surface area contributed by atoms with Gasteiger partial charge in [0.1, 0.15) is 0 Å². The van der Waals surface area contributed by atoms with Crippen molar-refractivity contribution in [1.82, 2.24) is 20.6 Å². The number of hydrogen-bond acceptors (Lipinski definition) is 3. The SMILES string of the molecule is C1CC[NH+](c2nn[nH]n2)C1. The normalized spacial score (nSPS) is 20.0. The Balaban J connectivity index is 2.12. The molecule has 0 radical (unpaired) electrons. The Morgan fingerprint density at radius 3 is 2.70 bits per heavy atom. The van der Waals surface area contributed by atoms with Crippen molar-refractivity contribution in [1.29, 1.82) is 0 Å². The molecule has 0 atom stereocenters. The number of H-pyrrole nitrogens is 1. The van der Waals surface area contributed by atoms with Crippen LogP contribution in [0.2, 0.25) is 0 Å². The van der Waals surface area contributed by atoms with Crippen LogP contribution in [0.25, 0.3) is 0 Å². The molecule has 0 saturated carbocycles. The Hall–Kier alpha value is -0.970. The number of tetrazole rings is 1. The summed E-state index contributed by atoms with van der Waals surface area (Å²) in [7, 11) is 0. The number of nitrogens with one attached hydrogen (secondary N) is 2. The molecule has 0 bridgehead atoms. The topological polar surface area (TPSA) is 58.9 Å². The summed E-state index contributed by atoms with van der Waals surface area (Å²) in [5.74, 6) is 0.817. The maximum absolute atomic E-state index is 3.91. The van der Waals surface area contributed by atoms with Gasteiger partial charge in [0.15, 0.2) is 0 Å². The molecule has 1 fully saturated rings. The van der Waals surface area contributed by atoms with E-state index in [-0.39, 0.29) is 0 Å². The zero-order chi connectivity index (χ0) is 6.81. The average Bonchev–Trinajstić information content (AvgIpc) is 2.59. The van der Waals surface area contributed by atoms with Crippen LogP contribution in [0.1, 0.15) is 12.8 Å². The molecule has 1 aromatic heterocycles. The van der Waals surface area contributed by atoms with E-state index in [1.165, 1.54) is 17.7 Å². The van der Waals surface area contributed by atoms with Crippen LogP contribution >= 0.6 is 0 Å². The number of aromatic amines is 1. The zero-order valence-corrected chi connectivity index (χ0v) is 5.67. The Bertz CT molecular complexity index is 188. The number of rotatable bonds is 1. The fourth-order valence-electron chi connectivity index (χ4n) is 1.34. The molecule has 0 unspecified atom stereocenters. The fraction of sp³-hybridized carbons (Fsp3) is 0.800. The van der Waals surface area contributed by atoms with Gasteiger partial charge in [-0.2, -0.15) is 5.21 Å². The van der Waals surface area contributed by atoms with Gasteiger partial charge >= 0.3 is 5.95 Å². The van der Waals surface area contributed by atoms with Gasteiger partial charge in [-0.05, 0) is 5.21 Å². The number of hydrogen-bond donors (Lipinski definition) is 2. The molecular formula is C5H10N5+. The standard InChI is InChI=1S/C5H9N5/c1-2-4-10(3-1)5-6-8-9-7-5/h1-4H2,(H,6,7,8,9)/p+1. The molecule has 10 heavy (non-hydrogen) atoms. The highest BCUT2D eigenvalue weighted by molar-refractivity contribution is 4.92. The largest absolute Gasteiger partial charge is 0.366 e. The first kappa shape index (κ1) is 5.79. The van der Waals surface area contributed by atoms with E-state index in [1.54, 1.807) is 0 Å². The van der Waals surface area contributed by atoms with Crippen molar-refractivity contribution >= 4 is 5.95 Å². The van der Waals surface area contributed by atoms with Crippen molar-refractivity contribution in [3.05, 3.63) is 0 Å². The predicted molar refractivity (Wildman–Crippen MR) is 33.8 cm³/mol. The molecule has 0 aliphatic carbocycles. The first-order valence-electron chi connectivity index (χ1n) is 3.55. The Kier molecular flexibility index (Phi) is 1.35. The van der Waals surface area contributed by atoms with E-state index >= 15 is 0 Å². The maximum atomic E-state index is 3.91. The van der Waals surface area contributed by atoms with Crippen molar-refractivity contribution in [3.63, 3.8) is 0 Å². The van der Waals surface area contributed by atoms with Gasteiger partial charge in [-0.25, -0.2) is 0 Å². The quantitative estimate of drug-likeness (QED) is 0.499. The van der Waals surface area contributed by atoms with E-state index in [9.17, 15) is 0 Å². The summed E-state index contributed by atoms with van der Waals surface area (Å²) in [5.41, 5.74) is 0. The lowest BCUT2D eigenvalue weighted by Crippen LogP contribution is -3.05. The second kappa shape index (κ2) is 2.34. The first-order chi connectivity index (χ1) is 4.97. The Morgan fingerprint density at radius 1 is 1.30 bits per heavy atom. The van der Waals surface area contributed by atoms with E-state index in [0.717, 1.165) is 19.0 Å². The minimum Gasteiger partial charge on any atom is -0.266 e. The first-order valence-corrected chi connectivity index (χ1v) is 3.55. The average molecular weight is 140 g/mol. The van der Waals surface area contributed by atoms with Crippen molar-refractivity contribution < 1.29 is 4.90 Å². The van der Waals surface area contributed by atoms with Crippen LogP contribution in [-0.2, 0) is 0 Å². The third-order valence-corrected chi connectivity index (χ3v) is 1.87. The molecule has 1 aliphatic heterocycles. The molecule has 0 aromatic carbocycles. The zero-order valence-electron chi connectivity index (χ0n) is 5.67. The van der Waals surface area contributed by atoms with E-state index in [4.69, 9.17) is 0 Å². The second-order valence-corrected chi connectivity index (χ2v) is 2.55. The van der Waals surface area contributed by atoms with Crippen molar-refractivity contribution in [2.24, 2.45) is 0 Å². The summed E-state index contributed by atoms with van der Waals surface area (Å²) in [6.45, 7) is 2.30. The number of quaternary nitrogens is 1. The van der Waals surface area contributed by atoms with Crippen LogP contribution in [0.4, 0.5) is 5.95 Å².